The molecule has 0 spiro atoms. The number of hydrogen-bond donors (Lipinski definition) is 0. The van der Waals surface area contributed by atoms with Gasteiger partial charge in [0.25, 0.3) is 5.91 Å². The molecular formula is C20H24N3NaO5. The van der Waals surface area contributed by atoms with Crippen LogP contribution in [0.15, 0.2) is 22.9 Å². The zero-order valence-corrected chi connectivity index (χ0v) is 19.3. The van der Waals surface area contributed by atoms with Crippen LogP contribution < -0.4 is 34.7 Å². The van der Waals surface area contributed by atoms with E-state index in [1.165, 1.54) is 16.7 Å². The second-order valence-electron chi connectivity index (χ2n) is 8.51. The van der Waals surface area contributed by atoms with Gasteiger partial charge in [0.15, 0.2) is 0 Å². The molecule has 4 aliphatic heterocycles. The first kappa shape index (κ1) is 22.1. The van der Waals surface area contributed by atoms with Crippen molar-refractivity contribution in [3.63, 3.8) is 0 Å². The number of carboxylic acid groups (broad SMARTS) is 1. The monoisotopic (exact) mass is 409 g/mol. The van der Waals surface area contributed by atoms with Crippen LogP contribution in [0.4, 0.5) is 0 Å². The summed E-state index contributed by atoms with van der Waals surface area (Å²) in [6.07, 6.45) is 2.61. The summed E-state index contributed by atoms with van der Waals surface area (Å²) in [5, 5.41) is 11.8. The summed E-state index contributed by atoms with van der Waals surface area (Å²) in [4.78, 5) is 53.6. The van der Waals surface area contributed by atoms with Crippen molar-refractivity contribution in [1.29, 1.82) is 0 Å². The van der Waals surface area contributed by atoms with Gasteiger partial charge in [-0.2, -0.15) is 0 Å². The molecule has 0 aliphatic carbocycles. The van der Waals surface area contributed by atoms with Gasteiger partial charge in [0.1, 0.15) is 6.04 Å². The zero-order valence-electron chi connectivity index (χ0n) is 17.3. The zero-order chi connectivity index (χ0) is 20.3. The van der Waals surface area contributed by atoms with Crippen molar-refractivity contribution < 1.29 is 53.8 Å². The van der Waals surface area contributed by atoms with Gasteiger partial charge in [-0.15, -0.1) is 0 Å². The standard InChI is InChI=1S/C20H25N3O5.Na/c1-10(2)8-21-5-4-12(18(21)25)6-13-7-14-9-22(11(3)24)17-15(14)23(19(17)26)16(13)20(27)28;/h6,10,14-15,17H,4-5,7-9H2,1-3H3,(H,27,28);/q;+1/p-1/b12-6+;/t14?,15-,17?;/m1./s1. The van der Waals surface area contributed by atoms with E-state index in [4.69, 9.17) is 0 Å². The normalized spacial score (nSPS) is 29.4. The number of aliphatic carboxylic acids is 1. The molecule has 4 rings (SSSR count). The molecule has 8 nitrogen and oxygen atoms in total. The number of rotatable bonds is 4. The molecule has 3 saturated heterocycles. The number of hydrogen-bond acceptors (Lipinski definition) is 5. The Bertz CT molecular complexity index is 849. The number of likely N-dealkylation sites (tertiary alicyclic amines) is 2. The Labute approximate surface area is 191 Å². The topological polar surface area (TPSA) is 101 Å². The summed E-state index contributed by atoms with van der Waals surface area (Å²) in [5.74, 6) is -1.73. The van der Waals surface area contributed by atoms with Gasteiger partial charge >= 0.3 is 29.6 Å². The smallest absolute Gasteiger partial charge is 0.543 e. The summed E-state index contributed by atoms with van der Waals surface area (Å²) in [7, 11) is 0. The van der Waals surface area contributed by atoms with Crippen LogP contribution in [0.25, 0.3) is 0 Å². The van der Waals surface area contributed by atoms with Crippen LogP contribution in [0.3, 0.4) is 0 Å². The van der Waals surface area contributed by atoms with Crippen LogP contribution in [0, 0.1) is 11.8 Å². The van der Waals surface area contributed by atoms with Gasteiger partial charge in [-0.1, -0.05) is 13.8 Å². The fourth-order valence-corrected chi connectivity index (χ4v) is 5.04. The number of β-lactam (4-membered cyclic amide) rings is 1. The number of carbonyl (C=O) groups is 4. The van der Waals surface area contributed by atoms with Gasteiger partial charge in [-0.3, -0.25) is 14.4 Å². The molecule has 3 amide bonds. The van der Waals surface area contributed by atoms with Crippen LogP contribution >= 0.6 is 0 Å². The minimum absolute atomic E-state index is 0. The molecular weight excluding hydrogens is 385 g/mol. The third kappa shape index (κ3) is 3.45. The van der Waals surface area contributed by atoms with E-state index in [9.17, 15) is 24.3 Å². The van der Waals surface area contributed by atoms with E-state index >= 15 is 0 Å². The fourth-order valence-electron chi connectivity index (χ4n) is 5.04. The maximum atomic E-state index is 12.7. The summed E-state index contributed by atoms with van der Waals surface area (Å²) >= 11 is 0. The summed E-state index contributed by atoms with van der Waals surface area (Å²) in [6, 6.07) is -0.871. The van der Waals surface area contributed by atoms with Crippen LogP contribution in [-0.4, -0.2) is 70.1 Å². The van der Waals surface area contributed by atoms with Crippen molar-refractivity contribution in [2.45, 2.75) is 45.7 Å². The molecule has 29 heavy (non-hydrogen) atoms. The SMILES string of the molecule is CC(=O)N1CC2CC(/C=C3\CCN(CC(C)C)C3=O)=C(C(=O)[O-])N3C(=O)C1[C@@H]23.[Na+]. The van der Waals surface area contributed by atoms with E-state index in [0.717, 1.165) is 0 Å². The second kappa shape index (κ2) is 7.89. The van der Waals surface area contributed by atoms with Crippen LogP contribution in [0.2, 0.25) is 0 Å². The Morgan fingerprint density at radius 1 is 1.28 bits per heavy atom. The second-order valence-corrected chi connectivity index (χ2v) is 8.51. The largest absolute Gasteiger partial charge is 1.00 e. The number of nitrogens with zero attached hydrogens (tertiary/aromatic N) is 3. The Kier molecular flexibility index (Phi) is 6.00. The van der Waals surface area contributed by atoms with Gasteiger partial charge in [-0.05, 0) is 30.4 Å². The van der Waals surface area contributed by atoms with Crippen LogP contribution in [-0.2, 0) is 19.2 Å². The molecule has 0 aromatic carbocycles. The molecule has 0 aromatic rings. The van der Waals surface area contributed by atoms with Gasteiger partial charge < -0.3 is 24.6 Å². The van der Waals surface area contributed by atoms with Crippen molar-refractivity contribution in [2.75, 3.05) is 19.6 Å². The maximum absolute atomic E-state index is 12.7. The van der Waals surface area contributed by atoms with Crippen molar-refractivity contribution in [3.8, 4) is 0 Å². The van der Waals surface area contributed by atoms with Crippen molar-refractivity contribution >= 4 is 23.7 Å². The molecule has 3 atom stereocenters. The predicted octanol–water partition coefficient (Wildman–Crippen LogP) is -3.73. The van der Waals surface area contributed by atoms with Crippen molar-refractivity contribution in [2.24, 2.45) is 11.8 Å². The Morgan fingerprint density at radius 2 is 1.97 bits per heavy atom. The third-order valence-corrected chi connectivity index (χ3v) is 6.13. The van der Waals surface area contributed by atoms with E-state index in [2.05, 4.69) is 0 Å². The first-order valence-electron chi connectivity index (χ1n) is 9.75. The molecule has 0 saturated carbocycles. The average molecular weight is 409 g/mol. The predicted molar refractivity (Wildman–Crippen MR) is 96.1 cm³/mol. The summed E-state index contributed by atoms with van der Waals surface area (Å²) in [6.45, 7) is 7.20. The number of allylic oxidation sites excluding steroid dienone is 2. The molecule has 3 fully saturated rings. The van der Waals surface area contributed by atoms with Gasteiger partial charge in [0.05, 0.1) is 17.7 Å². The van der Waals surface area contributed by atoms with Crippen LogP contribution in [0.1, 0.15) is 33.6 Å². The molecule has 0 N–H and O–H groups in total. The molecule has 0 radical (unpaired) electrons. The van der Waals surface area contributed by atoms with E-state index < -0.39 is 12.0 Å². The first-order valence-corrected chi connectivity index (χ1v) is 9.75. The molecule has 0 bridgehead atoms. The summed E-state index contributed by atoms with van der Waals surface area (Å²) < 4.78 is 0. The van der Waals surface area contributed by atoms with Crippen molar-refractivity contribution in [3.05, 3.63) is 22.9 Å². The van der Waals surface area contributed by atoms with Crippen LogP contribution in [0.5, 0.6) is 0 Å². The number of carbonyl (C=O) groups excluding carboxylic acids is 4. The molecule has 0 aromatic heterocycles. The maximum Gasteiger partial charge on any atom is 1.00 e. The number of carboxylic acids is 1. The van der Waals surface area contributed by atoms with Crippen molar-refractivity contribution in [1.82, 2.24) is 14.7 Å². The molecule has 4 aliphatic rings. The summed E-state index contributed by atoms with van der Waals surface area (Å²) in [5.41, 5.74) is 0.877. The first-order chi connectivity index (χ1) is 13.2. The van der Waals surface area contributed by atoms with E-state index in [-0.39, 0.29) is 64.9 Å². The third-order valence-electron chi connectivity index (χ3n) is 6.13. The van der Waals surface area contributed by atoms with E-state index in [1.54, 1.807) is 11.0 Å². The van der Waals surface area contributed by atoms with Gasteiger partial charge in [0, 0.05) is 38.0 Å². The van der Waals surface area contributed by atoms with Gasteiger partial charge in [-0.25, -0.2) is 0 Å². The van der Waals surface area contributed by atoms with E-state index in [1.807, 2.05) is 13.8 Å². The Morgan fingerprint density at radius 3 is 2.55 bits per heavy atom. The molecule has 150 valence electrons. The van der Waals surface area contributed by atoms with E-state index in [0.29, 0.717) is 49.5 Å². The minimum Gasteiger partial charge on any atom is -0.543 e. The van der Waals surface area contributed by atoms with Gasteiger partial charge in [0.2, 0.25) is 11.8 Å². The Hall–Kier alpha value is -1.64. The minimum atomic E-state index is -1.41. The average Bonchev–Trinajstić information content (AvgIpc) is 3.13. The quantitative estimate of drug-likeness (QED) is 0.270. The fraction of sp³-hybridized carbons (Fsp3) is 0.600. The molecule has 9 heteroatoms. The molecule has 2 unspecified atom stereocenters. The molecule has 4 heterocycles. The number of amides is 3. The Balaban J connectivity index is 0.00000240.